The lowest BCUT2D eigenvalue weighted by Gasteiger charge is -2.56. The van der Waals surface area contributed by atoms with Gasteiger partial charge in [0, 0.05) is 31.3 Å². The third-order valence-corrected chi connectivity index (χ3v) is 9.93. The minimum Gasteiger partial charge on any atom is -0.493 e. The average Bonchev–Trinajstić information content (AvgIpc) is 3.21. The normalized spacial score (nSPS) is 33.1. The Balaban J connectivity index is 0.000000204. The zero-order valence-corrected chi connectivity index (χ0v) is 23.8. The molecule has 0 bridgehead atoms. The number of rotatable bonds is 5. The Hall–Kier alpha value is -3.09. The van der Waals surface area contributed by atoms with Crippen LogP contribution in [-0.4, -0.2) is 43.2 Å². The molecule has 4 aliphatic rings. The number of aliphatic carboxylic acids is 1. The summed E-state index contributed by atoms with van der Waals surface area (Å²) in [5.41, 5.74) is 2.48. The maximum atomic E-state index is 12.4. The molecule has 5 rings (SSSR count). The first-order valence-electron chi connectivity index (χ1n) is 14.0. The van der Waals surface area contributed by atoms with Crippen LogP contribution in [-0.2, 0) is 19.1 Å². The number of ketones is 1. The van der Waals surface area contributed by atoms with E-state index in [0.29, 0.717) is 35.0 Å². The lowest BCUT2D eigenvalue weighted by molar-refractivity contribution is -0.148. The SMILES string of the molecule is CC(=O)OC1CCC2(C)C(=CCC3C4CCC(=O)C4(C)CCC32)C1.COc1ccc(C=CC(=O)O)cc1OC. The topological polar surface area (TPSA) is 99.1 Å². The van der Waals surface area contributed by atoms with Gasteiger partial charge in [0.05, 0.1) is 14.2 Å². The summed E-state index contributed by atoms with van der Waals surface area (Å²) in [7, 11) is 3.08. The van der Waals surface area contributed by atoms with E-state index in [1.807, 2.05) is 0 Å². The number of carboxylic acids is 1. The molecular formula is C32H42O7. The highest BCUT2D eigenvalue weighted by Gasteiger charge is 2.58. The Morgan fingerprint density at radius 2 is 1.69 bits per heavy atom. The van der Waals surface area contributed by atoms with E-state index < -0.39 is 5.97 Å². The van der Waals surface area contributed by atoms with Gasteiger partial charge in [-0.25, -0.2) is 4.79 Å². The number of carboxylic acid groups (broad SMARTS) is 1. The molecule has 6 unspecified atom stereocenters. The van der Waals surface area contributed by atoms with Crippen LogP contribution in [0.1, 0.15) is 77.7 Å². The van der Waals surface area contributed by atoms with Crippen molar-refractivity contribution in [1.82, 2.24) is 0 Å². The molecule has 3 fully saturated rings. The fourth-order valence-electron chi connectivity index (χ4n) is 7.86. The molecule has 1 aromatic rings. The first-order valence-corrected chi connectivity index (χ1v) is 14.0. The van der Waals surface area contributed by atoms with Crippen molar-refractivity contribution in [2.45, 2.75) is 78.2 Å². The number of hydrogen-bond donors (Lipinski definition) is 1. The molecule has 7 heteroatoms. The van der Waals surface area contributed by atoms with Crippen LogP contribution in [0.5, 0.6) is 11.5 Å². The third kappa shape index (κ3) is 5.78. The van der Waals surface area contributed by atoms with E-state index in [0.717, 1.165) is 56.6 Å². The van der Waals surface area contributed by atoms with Crippen LogP contribution in [0.4, 0.5) is 0 Å². The van der Waals surface area contributed by atoms with Gasteiger partial charge in [0.15, 0.2) is 11.5 Å². The molecule has 0 heterocycles. The van der Waals surface area contributed by atoms with Crippen LogP contribution < -0.4 is 9.47 Å². The van der Waals surface area contributed by atoms with Crippen LogP contribution in [0.3, 0.4) is 0 Å². The Morgan fingerprint density at radius 3 is 2.36 bits per heavy atom. The largest absolute Gasteiger partial charge is 0.493 e. The van der Waals surface area contributed by atoms with Gasteiger partial charge < -0.3 is 19.3 Å². The van der Waals surface area contributed by atoms with Crippen molar-refractivity contribution in [2.75, 3.05) is 14.2 Å². The van der Waals surface area contributed by atoms with Gasteiger partial charge in [-0.1, -0.05) is 31.6 Å². The summed E-state index contributed by atoms with van der Waals surface area (Å²) in [5, 5.41) is 8.46. The lowest BCUT2D eigenvalue weighted by Crippen LogP contribution is -2.50. The van der Waals surface area contributed by atoms with E-state index in [1.54, 1.807) is 25.3 Å². The molecule has 39 heavy (non-hydrogen) atoms. The molecule has 0 spiro atoms. The van der Waals surface area contributed by atoms with Crippen LogP contribution in [0.25, 0.3) is 6.08 Å². The molecule has 0 amide bonds. The zero-order valence-electron chi connectivity index (χ0n) is 23.8. The summed E-state index contributed by atoms with van der Waals surface area (Å²) in [6, 6.07) is 5.18. The second-order valence-electron chi connectivity index (χ2n) is 11.9. The van der Waals surface area contributed by atoms with Gasteiger partial charge in [-0.2, -0.15) is 0 Å². The predicted molar refractivity (Wildman–Crippen MR) is 148 cm³/mol. The highest BCUT2D eigenvalue weighted by molar-refractivity contribution is 5.87. The Bertz CT molecular complexity index is 1170. The monoisotopic (exact) mass is 538 g/mol. The average molecular weight is 539 g/mol. The molecule has 0 radical (unpaired) electrons. The molecular weight excluding hydrogens is 496 g/mol. The summed E-state index contributed by atoms with van der Waals surface area (Å²) in [6.45, 7) is 6.19. The highest BCUT2D eigenvalue weighted by Crippen LogP contribution is 2.64. The van der Waals surface area contributed by atoms with Gasteiger partial charge in [0.25, 0.3) is 0 Å². The fraction of sp³-hybridized carbons (Fsp3) is 0.594. The number of carbonyl (C=O) groups is 3. The second-order valence-corrected chi connectivity index (χ2v) is 11.9. The van der Waals surface area contributed by atoms with Crippen molar-refractivity contribution in [3.8, 4) is 11.5 Å². The van der Waals surface area contributed by atoms with Gasteiger partial charge in [-0.05, 0) is 85.5 Å². The number of benzene rings is 1. The Labute approximate surface area is 231 Å². The molecule has 1 N–H and O–H groups in total. The highest BCUT2D eigenvalue weighted by atomic mass is 16.5. The number of esters is 1. The molecule has 212 valence electrons. The molecule has 0 aromatic heterocycles. The second kappa shape index (κ2) is 11.6. The standard InChI is InChI=1S/C21H30O3.C11H12O4/c1-13(22)24-15-8-10-20(2)14(12-15)4-5-16-17-6-7-19(23)21(17,3)11-9-18(16)20;1-14-9-5-3-8(4-6-11(12)13)7-10(9)15-2/h4,15-18H,5-12H2,1-3H3;3-7H,1-2H3,(H,12,13). The van der Waals surface area contributed by atoms with E-state index in [9.17, 15) is 14.4 Å². The van der Waals surface area contributed by atoms with Crippen LogP contribution in [0.15, 0.2) is 35.9 Å². The number of ether oxygens (including phenoxy) is 3. The summed E-state index contributed by atoms with van der Waals surface area (Å²) in [6.07, 6.45) is 13.4. The Morgan fingerprint density at radius 1 is 1.00 bits per heavy atom. The fourth-order valence-corrected chi connectivity index (χ4v) is 7.86. The van der Waals surface area contributed by atoms with Crippen molar-refractivity contribution in [2.24, 2.45) is 28.6 Å². The smallest absolute Gasteiger partial charge is 0.328 e. The minimum absolute atomic E-state index is 0.0438. The number of carbonyl (C=O) groups excluding carboxylic acids is 2. The van der Waals surface area contributed by atoms with Gasteiger partial charge >= 0.3 is 11.9 Å². The quantitative estimate of drug-likeness (QED) is 0.269. The van der Waals surface area contributed by atoms with Gasteiger partial charge in [-0.3, -0.25) is 9.59 Å². The van der Waals surface area contributed by atoms with Gasteiger partial charge in [-0.15, -0.1) is 0 Å². The van der Waals surface area contributed by atoms with E-state index in [1.165, 1.54) is 32.1 Å². The van der Waals surface area contributed by atoms with Gasteiger partial charge in [0.1, 0.15) is 11.9 Å². The Kier molecular flexibility index (Phi) is 8.57. The number of allylic oxidation sites excluding steroid dienone is 1. The van der Waals surface area contributed by atoms with Crippen molar-refractivity contribution in [3.63, 3.8) is 0 Å². The maximum absolute atomic E-state index is 12.4. The van der Waals surface area contributed by atoms with E-state index in [2.05, 4.69) is 19.9 Å². The predicted octanol–water partition coefficient (Wildman–Crippen LogP) is 6.25. The van der Waals surface area contributed by atoms with Crippen LogP contribution in [0.2, 0.25) is 0 Å². The zero-order chi connectivity index (χ0) is 28.4. The molecule has 6 atom stereocenters. The minimum atomic E-state index is -0.982. The summed E-state index contributed by atoms with van der Waals surface area (Å²) in [5.74, 6) is 2.54. The van der Waals surface area contributed by atoms with E-state index >= 15 is 0 Å². The van der Waals surface area contributed by atoms with E-state index in [-0.39, 0.29) is 22.9 Å². The van der Waals surface area contributed by atoms with Crippen LogP contribution >= 0.6 is 0 Å². The maximum Gasteiger partial charge on any atom is 0.328 e. The molecule has 0 aliphatic heterocycles. The third-order valence-electron chi connectivity index (χ3n) is 9.93. The van der Waals surface area contributed by atoms with Gasteiger partial charge in [0.2, 0.25) is 0 Å². The first kappa shape index (κ1) is 28.9. The van der Waals surface area contributed by atoms with Crippen molar-refractivity contribution < 1.29 is 33.7 Å². The molecule has 3 saturated carbocycles. The van der Waals surface area contributed by atoms with Crippen LogP contribution in [0, 0.1) is 28.6 Å². The summed E-state index contributed by atoms with van der Waals surface area (Å²) >= 11 is 0. The number of hydrogen-bond acceptors (Lipinski definition) is 6. The summed E-state index contributed by atoms with van der Waals surface area (Å²) < 4.78 is 15.6. The van der Waals surface area contributed by atoms with Crippen molar-refractivity contribution >= 4 is 23.8 Å². The number of methoxy groups -OCH3 is 2. The number of Topliss-reactive ketones (excluding diaryl/α,β-unsaturated/α-hetero) is 1. The molecule has 4 aliphatic carbocycles. The lowest BCUT2D eigenvalue weighted by atomic mass is 9.48. The van der Waals surface area contributed by atoms with E-state index in [4.69, 9.17) is 19.3 Å². The molecule has 7 nitrogen and oxygen atoms in total. The summed E-state index contributed by atoms with van der Waals surface area (Å²) in [4.78, 5) is 34.1. The molecule has 0 saturated heterocycles. The first-order chi connectivity index (χ1) is 18.5. The molecule has 1 aromatic carbocycles. The van der Waals surface area contributed by atoms with Crippen molar-refractivity contribution in [3.05, 3.63) is 41.5 Å². The number of fused-ring (bicyclic) bond motifs is 5. The van der Waals surface area contributed by atoms with Crippen molar-refractivity contribution in [1.29, 1.82) is 0 Å².